The number of hydrogen-bond donors (Lipinski definition) is 3. The van der Waals surface area contributed by atoms with Crippen molar-refractivity contribution in [1.29, 1.82) is 0 Å². The molecule has 1 heterocycles. The first kappa shape index (κ1) is 25.9. The average Bonchev–Trinajstić information content (AvgIpc) is 3.31. The molecule has 7 nitrogen and oxygen atoms in total. The predicted molar refractivity (Wildman–Crippen MR) is 125 cm³/mol. The van der Waals surface area contributed by atoms with Crippen LogP contribution in [0.1, 0.15) is 41.6 Å². The van der Waals surface area contributed by atoms with Gasteiger partial charge in [0.1, 0.15) is 5.82 Å². The van der Waals surface area contributed by atoms with E-state index in [0.717, 1.165) is 11.0 Å². The number of carboxylic acid groups (broad SMARTS) is 1. The van der Waals surface area contributed by atoms with E-state index in [4.69, 9.17) is 9.84 Å². The molecule has 0 aromatic heterocycles. The van der Waals surface area contributed by atoms with Crippen molar-refractivity contribution in [2.45, 2.75) is 48.4 Å². The molecule has 1 unspecified atom stereocenters. The largest absolute Gasteiger partial charge is 0.487 e. The highest BCUT2D eigenvalue weighted by atomic mass is 32.2. The van der Waals surface area contributed by atoms with Gasteiger partial charge in [-0.15, -0.1) is 11.8 Å². The van der Waals surface area contributed by atoms with Crippen molar-refractivity contribution in [3.8, 4) is 5.75 Å². The number of carboxylic acids is 1. The molecule has 0 radical (unpaired) electrons. The fraction of sp³-hybridized carbons (Fsp3) is 0.400. The van der Waals surface area contributed by atoms with Crippen LogP contribution in [-0.2, 0) is 16.0 Å². The molecule has 192 valence electrons. The van der Waals surface area contributed by atoms with Crippen LogP contribution in [0.4, 0.5) is 13.2 Å². The number of ether oxygens (including phenoxy) is 1. The molecular weight excluding hydrogens is 497 g/mol. The number of rotatable bonds is 8. The fourth-order valence-electron chi connectivity index (χ4n) is 4.35. The van der Waals surface area contributed by atoms with E-state index in [1.54, 1.807) is 12.1 Å². The molecule has 2 aromatic rings. The number of amides is 2. The van der Waals surface area contributed by atoms with Gasteiger partial charge in [-0.2, -0.15) is 4.39 Å². The zero-order chi connectivity index (χ0) is 25.8. The molecule has 2 aliphatic rings. The highest BCUT2D eigenvalue weighted by Crippen LogP contribution is 2.38. The maximum atomic E-state index is 14.5. The standard InChI is InChI=1S/C25H25F3N2O5S/c26-17-2-1-3-19-16(17)12-20(36-19)24(32)30-11-10-29-23(31)15-8-9-18(22(28)21(15)27)35-14-6-4-13(5-7-14)25(33)34/h1-3,8-9,13-14,20H,4-7,10-12H2,(H,29,31)(H,30,32)(H,33,34)/t13-,14+,20?. The maximum Gasteiger partial charge on any atom is 0.306 e. The lowest BCUT2D eigenvalue weighted by Gasteiger charge is -2.27. The minimum absolute atomic E-state index is 0.0185. The summed E-state index contributed by atoms with van der Waals surface area (Å²) in [5.41, 5.74) is 0.00635. The van der Waals surface area contributed by atoms with Crippen LogP contribution in [0.2, 0.25) is 0 Å². The van der Waals surface area contributed by atoms with E-state index >= 15 is 0 Å². The van der Waals surface area contributed by atoms with Crippen molar-refractivity contribution >= 4 is 29.5 Å². The number of hydrogen-bond acceptors (Lipinski definition) is 5. The first-order chi connectivity index (χ1) is 17.2. The first-order valence-electron chi connectivity index (χ1n) is 11.6. The minimum atomic E-state index is -1.35. The molecule has 1 aliphatic heterocycles. The molecule has 1 saturated carbocycles. The van der Waals surface area contributed by atoms with E-state index in [0.29, 0.717) is 31.2 Å². The quantitative estimate of drug-likeness (QED) is 0.457. The van der Waals surface area contributed by atoms with Crippen LogP contribution in [0, 0.1) is 23.4 Å². The number of benzene rings is 2. The summed E-state index contributed by atoms with van der Waals surface area (Å²) in [6.07, 6.45) is 1.44. The van der Waals surface area contributed by atoms with Crippen LogP contribution in [0.15, 0.2) is 35.2 Å². The number of nitrogens with one attached hydrogen (secondary N) is 2. The van der Waals surface area contributed by atoms with Crippen molar-refractivity contribution in [3.05, 3.63) is 58.9 Å². The lowest BCUT2D eigenvalue weighted by Crippen LogP contribution is -2.38. The molecule has 1 atom stereocenters. The number of fused-ring (bicyclic) bond motifs is 1. The number of carbonyl (C=O) groups excluding carboxylic acids is 2. The van der Waals surface area contributed by atoms with Gasteiger partial charge in [-0.25, -0.2) is 8.78 Å². The van der Waals surface area contributed by atoms with Gasteiger partial charge in [0, 0.05) is 23.5 Å². The van der Waals surface area contributed by atoms with Crippen LogP contribution in [0.3, 0.4) is 0 Å². The lowest BCUT2D eigenvalue weighted by atomic mass is 9.87. The highest BCUT2D eigenvalue weighted by Gasteiger charge is 2.30. The molecule has 0 spiro atoms. The lowest BCUT2D eigenvalue weighted by molar-refractivity contribution is -0.143. The van der Waals surface area contributed by atoms with E-state index in [9.17, 15) is 27.6 Å². The van der Waals surface area contributed by atoms with Gasteiger partial charge in [-0.05, 0) is 56.4 Å². The minimum Gasteiger partial charge on any atom is -0.487 e. The molecule has 2 aromatic carbocycles. The Balaban J connectivity index is 1.24. The van der Waals surface area contributed by atoms with E-state index in [1.807, 2.05) is 0 Å². The maximum absolute atomic E-state index is 14.5. The number of aliphatic carboxylic acids is 1. The third-order valence-electron chi connectivity index (χ3n) is 6.35. The van der Waals surface area contributed by atoms with Crippen molar-refractivity contribution < 1.29 is 37.4 Å². The Kier molecular flexibility index (Phi) is 8.07. The zero-order valence-corrected chi connectivity index (χ0v) is 20.0. The second-order valence-electron chi connectivity index (χ2n) is 8.74. The SMILES string of the molecule is O=C(NCCNC(=O)C1Cc2c(F)cccc2S1)c1ccc(O[C@H]2CC[C@@H](C(=O)O)CC2)c(F)c1F. The number of thioether (sulfide) groups is 1. The van der Waals surface area contributed by atoms with Gasteiger partial charge >= 0.3 is 5.97 Å². The molecule has 0 saturated heterocycles. The smallest absolute Gasteiger partial charge is 0.306 e. The summed E-state index contributed by atoms with van der Waals surface area (Å²) < 4.78 is 48.4. The first-order valence-corrected chi connectivity index (χ1v) is 12.5. The summed E-state index contributed by atoms with van der Waals surface area (Å²) in [6, 6.07) is 6.98. The Hall–Kier alpha value is -3.21. The summed E-state index contributed by atoms with van der Waals surface area (Å²) in [5.74, 6) is -5.81. The molecular formula is C25H25F3N2O5S. The number of halogens is 3. The van der Waals surface area contributed by atoms with Crippen molar-refractivity contribution in [2.24, 2.45) is 5.92 Å². The third-order valence-corrected chi connectivity index (χ3v) is 7.65. The Labute approximate surface area is 209 Å². The molecule has 2 amide bonds. The van der Waals surface area contributed by atoms with Gasteiger partial charge in [0.05, 0.1) is 22.8 Å². The van der Waals surface area contributed by atoms with Gasteiger partial charge < -0.3 is 20.5 Å². The second-order valence-corrected chi connectivity index (χ2v) is 9.99. The van der Waals surface area contributed by atoms with Crippen LogP contribution in [0.5, 0.6) is 5.75 Å². The molecule has 11 heteroatoms. The van der Waals surface area contributed by atoms with Crippen LogP contribution < -0.4 is 15.4 Å². The van der Waals surface area contributed by atoms with Gasteiger partial charge in [-0.1, -0.05) is 6.07 Å². The Morgan fingerprint density at radius 3 is 2.39 bits per heavy atom. The zero-order valence-electron chi connectivity index (χ0n) is 19.2. The second kappa shape index (κ2) is 11.2. The normalized spacial score (nSPS) is 20.9. The average molecular weight is 523 g/mol. The molecule has 0 bridgehead atoms. The fourth-order valence-corrected chi connectivity index (χ4v) is 5.58. The molecule has 36 heavy (non-hydrogen) atoms. The molecule has 4 rings (SSSR count). The third kappa shape index (κ3) is 5.77. The van der Waals surface area contributed by atoms with Gasteiger partial charge in [0.2, 0.25) is 11.7 Å². The van der Waals surface area contributed by atoms with Gasteiger partial charge in [0.15, 0.2) is 11.6 Å². The van der Waals surface area contributed by atoms with Gasteiger partial charge in [0.25, 0.3) is 5.91 Å². The van der Waals surface area contributed by atoms with Gasteiger partial charge in [-0.3, -0.25) is 14.4 Å². The number of carbonyl (C=O) groups is 3. The Morgan fingerprint density at radius 2 is 1.69 bits per heavy atom. The van der Waals surface area contributed by atoms with E-state index in [2.05, 4.69) is 10.6 Å². The topological polar surface area (TPSA) is 105 Å². The van der Waals surface area contributed by atoms with Crippen LogP contribution in [-0.4, -0.2) is 47.3 Å². The summed E-state index contributed by atoms with van der Waals surface area (Å²) in [5, 5.41) is 13.7. The van der Waals surface area contributed by atoms with Crippen molar-refractivity contribution in [2.75, 3.05) is 13.1 Å². The Morgan fingerprint density at radius 1 is 0.972 bits per heavy atom. The van der Waals surface area contributed by atoms with Crippen molar-refractivity contribution in [3.63, 3.8) is 0 Å². The molecule has 1 fully saturated rings. The van der Waals surface area contributed by atoms with E-state index in [-0.39, 0.29) is 37.0 Å². The van der Waals surface area contributed by atoms with Crippen LogP contribution >= 0.6 is 11.8 Å². The van der Waals surface area contributed by atoms with E-state index < -0.39 is 46.3 Å². The summed E-state index contributed by atoms with van der Waals surface area (Å²) >= 11 is 1.27. The predicted octanol–water partition coefficient (Wildman–Crippen LogP) is 3.69. The molecule has 3 N–H and O–H groups in total. The summed E-state index contributed by atoms with van der Waals surface area (Å²) in [4.78, 5) is 36.5. The van der Waals surface area contributed by atoms with E-state index in [1.165, 1.54) is 23.9 Å². The Bertz CT molecular complexity index is 1170. The highest BCUT2D eigenvalue weighted by molar-refractivity contribution is 8.01. The van der Waals surface area contributed by atoms with Crippen LogP contribution in [0.25, 0.3) is 0 Å². The summed E-state index contributed by atoms with van der Waals surface area (Å²) in [7, 11) is 0. The summed E-state index contributed by atoms with van der Waals surface area (Å²) in [6.45, 7) is 0.0418. The molecule has 1 aliphatic carbocycles. The van der Waals surface area contributed by atoms with Crippen molar-refractivity contribution in [1.82, 2.24) is 10.6 Å². The monoisotopic (exact) mass is 522 g/mol.